The fourth-order valence-corrected chi connectivity index (χ4v) is 5.17. The molecule has 0 aromatic rings. The standard InChI is InChI=1S/C11H14F6O6S2/c1-3-4-5-8(18)23-7(2)6-9(24(19,20)10(12,13)14)25(21,22)11(15,16)17/h3,7,9H,1,4-6H2,2H3. The minimum absolute atomic E-state index is 0.0800. The Hall–Kier alpha value is -1.31. The minimum Gasteiger partial charge on any atom is -0.463 e. The highest BCUT2D eigenvalue weighted by Gasteiger charge is 2.63. The van der Waals surface area contributed by atoms with E-state index in [1.54, 1.807) is 0 Å². The topological polar surface area (TPSA) is 94.6 Å². The van der Waals surface area contributed by atoms with Gasteiger partial charge in [-0.05, 0) is 13.3 Å². The van der Waals surface area contributed by atoms with Gasteiger partial charge in [0.05, 0.1) is 0 Å². The maximum Gasteiger partial charge on any atom is 0.498 e. The van der Waals surface area contributed by atoms with Gasteiger partial charge in [-0.1, -0.05) is 6.08 Å². The van der Waals surface area contributed by atoms with Crippen LogP contribution in [0, 0.1) is 0 Å². The first-order chi connectivity index (χ1) is 11.0. The number of allylic oxidation sites excluding steroid dienone is 1. The molecule has 0 bridgehead atoms. The van der Waals surface area contributed by atoms with Crippen molar-refractivity contribution in [3.63, 3.8) is 0 Å². The van der Waals surface area contributed by atoms with E-state index in [0.717, 1.165) is 6.92 Å². The number of ether oxygens (including phenoxy) is 1. The molecule has 0 rings (SSSR count). The number of halogens is 6. The molecule has 0 aromatic heterocycles. The third-order valence-electron chi connectivity index (χ3n) is 2.75. The molecule has 14 heteroatoms. The van der Waals surface area contributed by atoms with Crippen molar-refractivity contribution >= 4 is 25.6 Å². The van der Waals surface area contributed by atoms with E-state index in [4.69, 9.17) is 0 Å². The summed E-state index contributed by atoms with van der Waals surface area (Å²) in [6.07, 6.45) is -2.54. The highest BCUT2D eigenvalue weighted by molar-refractivity contribution is 8.09. The summed E-state index contributed by atoms with van der Waals surface area (Å²) in [5.74, 6) is -1.07. The summed E-state index contributed by atoms with van der Waals surface area (Å²) >= 11 is 0. The van der Waals surface area contributed by atoms with Crippen LogP contribution < -0.4 is 0 Å². The molecule has 0 radical (unpaired) electrons. The molecule has 1 atom stereocenters. The smallest absolute Gasteiger partial charge is 0.463 e. The zero-order chi connectivity index (χ0) is 20.3. The van der Waals surface area contributed by atoms with E-state index in [2.05, 4.69) is 11.3 Å². The van der Waals surface area contributed by atoms with Crippen molar-refractivity contribution in [3.05, 3.63) is 12.7 Å². The molecule has 6 nitrogen and oxygen atoms in total. The van der Waals surface area contributed by atoms with Crippen molar-refractivity contribution in [2.24, 2.45) is 0 Å². The quantitative estimate of drug-likeness (QED) is 0.340. The van der Waals surface area contributed by atoms with E-state index in [9.17, 15) is 48.0 Å². The molecule has 0 fully saturated rings. The molecule has 0 heterocycles. The predicted octanol–water partition coefficient (Wildman–Crippen LogP) is 2.47. The average molecular weight is 420 g/mol. The van der Waals surface area contributed by atoms with Gasteiger partial charge >= 0.3 is 17.0 Å². The number of hydrogen-bond donors (Lipinski definition) is 0. The lowest BCUT2D eigenvalue weighted by Gasteiger charge is -2.23. The van der Waals surface area contributed by atoms with Crippen LogP contribution in [-0.4, -0.2) is 44.5 Å². The summed E-state index contributed by atoms with van der Waals surface area (Å²) in [4.78, 5) is 11.3. The van der Waals surface area contributed by atoms with Gasteiger partial charge in [0.2, 0.25) is 0 Å². The van der Waals surface area contributed by atoms with E-state index in [-0.39, 0.29) is 12.8 Å². The second-order valence-corrected chi connectivity index (χ2v) is 9.32. The summed E-state index contributed by atoms with van der Waals surface area (Å²) < 4.78 is 121. The lowest BCUT2D eigenvalue weighted by Crippen LogP contribution is -2.46. The summed E-state index contributed by atoms with van der Waals surface area (Å²) in [5, 5.41) is 0. The van der Waals surface area contributed by atoms with Gasteiger partial charge in [-0.15, -0.1) is 6.58 Å². The van der Waals surface area contributed by atoms with E-state index in [0.29, 0.717) is 0 Å². The van der Waals surface area contributed by atoms with Crippen molar-refractivity contribution < 1.29 is 52.7 Å². The monoisotopic (exact) mass is 420 g/mol. The Morgan fingerprint density at radius 1 is 1.04 bits per heavy atom. The maximum atomic E-state index is 12.5. The van der Waals surface area contributed by atoms with Crippen LogP contribution in [-0.2, 0) is 29.2 Å². The third kappa shape index (κ3) is 5.87. The van der Waals surface area contributed by atoms with Gasteiger partial charge in [-0.3, -0.25) is 4.79 Å². The zero-order valence-electron chi connectivity index (χ0n) is 12.6. The fraction of sp³-hybridized carbons (Fsp3) is 0.727. The van der Waals surface area contributed by atoms with Crippen LogP contribution in [0.5, 0.6) is 0 Å². The molecule has 0 saturated carbocycles. The van der Waals surface area contributed by atoms with Crippen LogP contribution in [0.15, 0.2) is 12.7 Å². The summed E-state index contributed by atoms with van der Waals surface area (Å²) in [5.41, 5.74) is -12.5. The molecule has 0 saturated heterocycles. The molecule has 0 spiro atoms. The van der Waals surface area contributed by atoms with Gasteiger partial charge in [0, 0.05) is 12.8 Å². The van der Waals surface area contributed by atoms with Gasteiger partial charge in [0.15, 0.2) is 4.58 Å². The predicted molar refractivity (Wildman–Crippen MR) is 73.3 cm³/mol. The van der Waals surface area contributed by atoms with Crippen LogP contribution in [0.4, 0.5) is 26.3 Å². The highest BCUT2D eigenvalue weighted by Crippen LogP contribution is 2.38. The first-order valence-electron chi connectivity index (χ1n) is 6.39. The van der Waals surface area contributed by atoms with Gasteiger partial charge in [-0.2, -0.15) is 26.3 Å². The Balaban J connectivity index is 5.74. The average Bonchev–Trinajstić information content (AvgIpc) is 2.39. The lowest BCUT2D eigenvalue weighted by molar-refractivity contribution is -0.148. The van der Waals surface area contributed by atoms with Crippen LogP contribution >= 0.6 is 0 Å². The van der Waals surface area contributed by atoms with E-state index < -0.39 is 53.8 Å². The molecule has 1 unspecified atom stereocenters. The summed E-state index contributed by atoms with van der Waals surface area (Å²) in [6, 6.07) is 0. The summed E-state index contributed by atoms with van der Waals surface area (Å²) in [7, 11) is -13.5. The number of carbonyl (C=O) groups is 1. The zero-order valence-corrected chi connectivity index (χ0v) is 14.2. The van der Waals surface area contributed by atoms with E-state index in [1.165, 1.54) is 6.08 Å². The Morgan fingerprint density at radius 2 is 1.44 bits per heavy atom. The fourth-order valence-electron chi connectivity index (χ4n) is 1.54. The van der Waals surface area contributed by atoms with Crippen molar-refractivity contribution in [2.75, 3.05) is 0 Å². The second kappa shape index (κ2) is 7.93. The molecule has 0 aromatic carbocycles. The van der Waals surface area contributed by atoms with Crippen LogP contribution in [0.2, 0.25) is 0 Å². The van der Waals surface area contributed by atoms with Gasteiger partial charge in [0.1, 0.15) is 6.10 Å². The normalized spacial score (nSPS) is 15.0. The Labute approximate surface area is 139 Å². The maximum absolute atomic E-state index is 12.5. The molecule has 148 valence electrons. The van der Waals surface area contributed by atoms with Crippen molar-refractivity contribution in [1.82, 2.24) is 0 Å². The minimum atomic E-state index is -6.74. The third-order valence-corrected chi connectivity index (χ3v) is 7.33. The van der Waals surface area contributed by atoms with Gasteiger partial charge in [-0.25, -0.2) is 16.8 Å². The first-order valence-corrected chi connectivity index (χ1v) is 9.48. The Morgan fingerprint density at radius 3 is 1.76 bits per heavy atom. The number of hydrogen-bond acceptors (Lipinski definition) is 6. The number of sulfone groups is 2. The lowest BCUT2D eigenvalue weighted by atomic mass is 10.3. The Bertz CT molecular complexity index is 648. The van der Waals surface area contributed by atoms with Crippen molar-refractivity contribution in [2.45, 2.75) is 47.9 Å². The molecule has 0 aliphatic heterocycles. The van der Waals surface area contributed by atoms with Crippen LogP contribution in [0.3, 0.4) is 0 Å². The number of rotatable bonds is 8. The molecular weight excluding hydrogens is 406 g/mol. The molecule has 25 heavy (non-hydrogen) atoms. The second-order valence-electron chi connectivity index (χ2n) is 4.77. The first kappa shape index (κ1) is 23.7. The highest BCUT2D eigenvalue weighted by atomic mass is 32.3. The molecule has 0 aliphatic carbocycles. The van der Waals surface area contributed by atoms with Gasteiger partial charge < -0.3 is 4.74 Å². The molecule has 0 aliphatic rings. The van der Waals surface area contributed by atoms with Crippen LogP contribution in [0.1, 0.15) is 26.2 Å². The molecular formula is C11H14F6O6S2. The van der Waals surface area contributed by atoms with Crippen molar-refractivity contribution in [3.8, 4) is 0 Å². The number of esters is 1. The van der Waals surface area contributed by atoms with E-state index >= 15 is 0 Å². The summed E-state index contributed by atoms with van der Waals surface area (Å²) in [6.45, 7) is 4.04. The van der Waals surface area contributed by atoms with Crippen LogP contribution in [0.25, 0.3) is 0 Å². The molecule has 0 N–H and O–H groups in total. The Kier molecular flexibility index (Phi) is 7.51. The SMILES string of the molecule is C=CCCC(=O)OC(C)CC(S(=O)(=O)C(F)(F)F)S(=O)(=O)C(F)(F)F. The van der Waals surface area contributed by atoms with Crippen molar-refractivity contribution in [1.29, 1.82) is 0 Å². The molecule has 0 amide bonds. The number of carbonyl (C=O) groups excluding carboxylic acids is 1. The number of alkyl halides is 6. The van der Waals surface area contributed by atoms with Gasteiger partial charge in [0.25, 0.3) is 19.7 Å². The van der Waals surface area contributed by atoms with E-state index in [1.807, 2.05) is 0 Å². The largest absolute Gasteiger partial charge is 0.498 e.